The first kappa shape index (κ1) is 20.1. The van der Waals surface area contributed by atoms with Gasteiger partial charge in [0.25, 0.3) is 5.91 Å². The molecular formula is C26H32N2OS. The van der Waals surface area contributed by atoms with Gasteiger partial charge in [-0.3, -0.25) is 4.79 Å². The first-order valence-electron chi connectivity index (χ1n) is 11.5. The summed E-state index contributed by atoms with van der Waals surface area (Å²) >= 11 is 1.57. The van der Waals surface area contributed by atoms with Gasteiger partial charge in [0.1, 0.15) is 5.03 Å². The van der Waals surface area contributed by atoms with Crippen molar-refractivity contribution in [2.24, 2.45) is 23.2 Å². The molecule has 4 bridgehead atoms. The number of hydrogen-bond donors (Lipinski definition) is 1. The number of carbonyl (C=O) groups excluding carboxylic acids is 1. The zero-order chi connectivity index (χ0) is 20.7. The van der Waals surface area contributed by atoms with Crippen LogP contribution in [0.15, 0.2) is 46.5 Å². The van der Waals surface area contributed by atoms with Crippen molar-refractivity contribution in [3.63, 3.8) is 0 Å². The predicted molar refractivity (Wildman–Crippen MR) is 122 cm³/mol. The molecule has 1 aromatic heterocycles. The number of amides is 1. The number of rotatable bonds is 6. The lowest BCUT2D eigenvalue weighted by molar-refractivity contribution is -0.0564. The van der Waals surface area contributed by atoms with Gasteiger partial charge in [-0.15, -0.1) is 0 Å². The van der Waals surface area contributed by atoms with Crippen LogP contribution in [0.2, 0.25) is 0 Å². The van der Waals surface area contributed by atoms with Crippen molar-refractivity contribution < 1.29 is 4.79 Å². The highest BCUT2D eigenvalue weighted by Gasteiger charge is 2.50. The number of benzene rings is 1. The highest BCUT2D eigenvalue weighted by molar-refractivity contribution is 7.99. The van der Waals surface area contributed by atoms with Crippen LogP contribution in [0, 0.1) is 37.0 Å². The zero-order valence-corrected chi connectivity index (χ0v) is 18.9. The summed E-state index contributed by atoms with van der Waals surface area (Å²) in [6, 6.07) is 10.2. The van der Waals surface area contributed by atoms with E-state index in [1.807, 2.05) is 12.1 Å². The minimum atomic E-state index is 0.0131. The molecule has 0 spiro atoms. The van der Waals surface area contributed by atoms with E-state index in [0.29, 0.717) is 11.0 Å². The molecule has 0 aliphatic heterocycles. The lowest BCUT2D eigenvalue weighted by atomic mass is 9.49. The Balaban J connectivity index is 1.23. The molecule has 4 heteroatoms. The molecule has 30 heavy (non-hydrogen) atoms. The highest BCUT2D eigenvalue weighted by atomic mass is 32.2. The molecule has 0 saturated heterocycles. The maximum Gasteiger partial charge on any atom is 0.254 e. The number of pyridine rings is 1. The van der Waals surface area contributed by atoms with E-state index in [2.05, 4.69) is 42.3 Å². The van der Waals surface area contributed by atoms with Crippen molar-refractivity contribution in [2.45, 2.75) is 68.7 Å². The number of hydrogen-bond acceptors (Lipinski definition) is 3. The molecule has 0 unspecified atom stereocenters. The number of nitrogens with zero attached hydrogens (tertiary/aromatic N) is 1. The van der Waals surface area contributed by atoms with Crippen LogP contribution in [-0.4, -0.2) is 17.4 Å². The fraction of sp³-hybridized carbons (Fsp3) is 0.538. The second-order valence-corrected chi connectivity index (χ2v) is 11.2. The van der Waals surface area contributed by atoms with E-state index in [1.54, 1.807) is 18.0 Å². The smallest absolute Gasteiger partial charge is 0.254 e. The Hall–Kier alpha value is -1.81. The Morgan fingerprint density at radius 2 is 1.77 bits per heavy atom. The molecule has 1 amide bonds. The van der Waals surface area contributed by atoms with Gasteiger partial charge in [-0.1, -0.05) is 17.8 Å². The third-order valence-electron chi connectivity index (χ3n) is 7.81. The monoisotopic (exact) mass is 420 g/mol. The van der Waals surface area contributed by atoms with E-state index in [0.717, 1.165) is 40.6 Å². The van der Waals surface area contributed by atoms with Crippen LogP contribution in [0.4, 0.5) is 0 Å². The van der Waals surface area contributed by atoms with Crippen molar-refractivity contribution in [3.05, 3.63) is 53.2 Å². The molecule has 4 aliphatic rings. The van der Waals surface area contributed by atoms with Gasteiger partial charge in [-0.2, -0.15) is 0 Å². The van der Waals surface area contributed by atoms with Gasteiger partial charge in [-0.25, -0.2) is 4.98 Å². The zero-order valence-electron chi connectivity index (χ0n) is 18.1. The molecule has 2 aromatic rings. The Morgan fingerprint density at radius 3 is 2.43 bits per heavy atom. The van der Waals surface area contributed by atoms with Crippen LogP contribution < -0.4 is 5.32 Å². The van der Waals surface area contributed by atoms with E-state index >= 15 is 0 Å². The Kier molecular flexibility index (Phi) is 5.38. The predicted octanol–water partition coefficient (Wildman–Crippen LogP) is 6.19. The molecule has 4 saturated carbocycles. The second kappa shape index (κ2) is 8.03. The van der Waals surface area contributed by atoms with E-state index in [-0.39, 0.29) is 5.91 Å². The summed E-state index contributed by atoms with van der Waals surface area (Å²) in [7, 11) is 0. The van der Waals surface area contributed by atoms with E-state index in [9.17, 15) is 4.79 Å². The fourth-order valence-corrected chi connectivity index (χ4v) is 7.65. The molecular weight excluding hydrogens is 388 g/mol. The van der Waals surface area contributed by atoms with Gasteiger partial charge in [0.2, 0.25) is 0 Å². The Labute approximate surface area is 184 Å². The summed E-state index contributed by atoms with van der Waals surface area (Å²) < 4.78 is 0. The molecule has 4 fully saturated rings. The third kappa shape index (κ3) is 4.03. The maximum absolute atomic E-state index is 13.0. The molecule has 0 radical (unpaired) electrons. The van der Waals surface area contributed by atoms with Crippen molar-refractivity contribution in [1.82, 2.24) is 10.3 Å². The number of carbonyl (C=O) groups is 1. The van der Waals surface area contributed by atoms with Crippen molar-refractivity contribution in [2.75, 3.05) is 6.54 Å². The highest BCUT2D eigenvalue weighted by Crippen LogP contribution is 2.61. The summed E-state index contributed by atoms with van der Waals surface area (Å²) in [5.74, 6) is 2.91. The van der Waals surface area contributed by atoms with Gasteiger partial charge >= 0.3 is 0 Å². The molecule has 0 atom stereocenters. The first-order chi connectivity index (χ1) is 14.5. The quantitative estimate of drug-likeness (QED) is 0.606. The molecule has 4 aliphatic carbocycles. The fourth-order valence-electron chi connectivity index (χ4n) is 6.67. The van der Waals surface area contributed by atoms with Gasteiger partial charge in [0.05, 0.1) is 5.56 Å². The number of nitrogens with one attached hydrogen (secondary N) is 1. The molecule has 1 N–H and O–H groups in total. The summed E-state index contributed by atoms with van der Waals surface area (Å²) in [5, 5.41) is 4.01. The number of aryl methyl sites for hydroxylation is 2. The molecule has 3 nitrogen and oxygen atoms in total. The molecule has 158 valence electrons. The van der Waals surface area contributed by atoms with E-state index in [4.69, 9.17) is 0 Å². The molecule has 1 aromatic carbocycles. The van der Waals surface area contributed by atoms with Crippen LogP contribution in [0.5, 0.6) is 0 Å². The Morgan fingerprint density at radius 1 is 1.07 bits per heavy atom. The summed E-state index contributed by atoms with van der Waals surface area (Å²) in [6.45, 7) is 5.02. The minimum Gasteiger partial charge on any atom is -0.352 e. The number of aromatic nitrogens is 1. The van der Waals surface area contributed by atoms with Gasteiger partial charge in [0, 0.05) is 17.6 Å². The van der Waals surface area contributed by atoms with Crippen LogP contribution in [-0.2, 0) is 0 Å². The topological polar surface area (TPSA) is 42.0 Å². The Bertz CT molecular complexity index is 919. The van der Waals surface area contributed by atoms with E-state index < -0.39 is 0 Å². The van der Waals surface area contributed by atoms with E-state index in [1.165, 1.54) is 49.7 Å². The maximum atomic E-state index is 13.0. The summed E-state index contributed by atoms with van der Waals surface area (Å²) in [5.41, 5.74) is 3.74. The van der Waals surface area contributed by atoms with Crippen molar-refractivity contribution >= 4 is 17.7 Å². The van der Waals surface area contributed by atoms with Crippen LogP contribution in [0.1, 0.15) is 66.4 Å². The molecule has 6 rings (SSSR count). The van der Waals surface area contributed by atoms with Crippen molar-refractivity contribution in [3.8, 4) is 0 Å². The van der Waals surface area contributed by atoms with Crippen LogP contribution in [0.3, 0.4) is 0 Å². The largest absolute Gasteiger partial charge is 0.352 e. The SMILES string of the molecule is Cc1ccc(Sc2ncccc2C(=O)NCCC23CC4CC(CC(C4)C2)C3)cc1C. The summed E-state index contributed by atoms with van der Waals surface area (Å²) in [4.78, 5) is 18.6. The van der Waals surface area contributed by atoms with Gasteiger partial charge in [-0.05, 0) is 117 Å². The second-order valence-electron chi connectivity index (χ2n) is 10.1. The van der Waals surface area contributed by atoms with Crippen LogP contribution >= 0.6 is 11.8 Å². The average molecular weight is 421 g/mol. The van der Waals surface area contributed by atoms with Crippen LogP contribution in [0.25, 0.3) is 0 Å². The third-order valence-corrected chi connectivity index (χ3v) is 8.82. The minimum absolute atomic E-state index is 0.0131. The normalized spacial score (nSPS) is 29.2. The average Bonchev–Trinajstić information content (AvgIpc) is 2.70. The lowest BCUT2D eigenvalue weighted by Crippen LogP contribution is -2.47. The van der Waals surface area contributed by atoms with Gasteiger partial charge < -0.3 is 5.32 Å². The standard InChI is InChI=1S/C26H32N2OS/c1-17-5-6-22(10-18(17)2)30-25-23(4-3-8-28-25)24(29)27-9-7-26-14-19-11-20(15-26)13-21(12-19)16-26/h3-6,8,10,19-21H,7,9,11-16H2,1-2H3,(H,27,29). The van der Waals surface area contributed by atoms with Crippen molar-refractivity contribution in [1.29, 1.82) is 0 Å². The summed E-state index contributed by atoms with van der Waals surface area (Å²) in [6.07, 6.45) is 11.5. The lowest BCUT2D eigenvalue weighted by Gasteiger charge is -2.57. The van der Waals surface area contributed by atoms with Gasteiger partial charge in [0.15, 0.2) is 0 Å². The molecule has 1 heterocycles. The first-order valence-corrected chi connectivity index (χ1v) is 12.3.